The van der Waals surface area contributed by atoms with Crippen molar-refractivity contribution in [3.05, 3.63) is 12.2 Å². The van der Waals surface area contributed by atoms with Crippen molar-refractivity contribution in [1.82, 2.24) is 10.2 Å². The van der Waals surface area contributed by atoms with E-state index in [1.54, 1.807) is 0 Å². The summed E-state index contributed by atoms with van der Waals surface area (Å²) >= 11 is 0. The highest BCUT2D eigenvalue weighted by atomic mass is 16.1. The van der Waals surface area contributed by atoms with Gasteiger partial charge in [0.15, 0.2) is 0 Å². The summed E-state index contributed by atoms with van der Waals surface area (Å²) in [6.07, 6.45) is 5.55. The van der Waals surface area contributed by atoms with Crippen molar-refractivity contribution in [3.8, 4) is 0 Å². The molecule has 0 bridgehead atoms. The zero-order valence-electron chi connectivity index (χ0n) is 9.57. The van der Waals surface area contributed by atoms with Crippen LogP contribution in [0, 0.1) is 5.92 Å². The maximum atomic E-state index is 11.6. The SMILES string of the molecule is CN(C)CCCNC(=O)C1C=CC(N)C1. The molecule has 4 nitrogen and oxygen atoms in total. The van der Waals surface area contributed by atoms with E-state index in [9.17, 15) is 4.79 Å². The van der Waals surface area contributed by atoms with Gasteiger partial charge in [0.1, 0.15) is 0 Å². The van der Waals surface area contributed by atoms with Crippen molar-refractivity contribution >= 4 is 5.91 Å². The molecule has 0 aromatic carbocycles. The van der Waals surface area contributed by atoms with E-state index < -0.39 is 0 Å². The summed E-state index contributed by atoms with van der Waals surface area (Å²) in [6, 6.07) is 0.0579. The quantitative estimate of drug-likeness (QED) is 0.495. The molecule has 1 aliphatic rings. The minimum Gasteiger partial charge on any atom is -0.356 e. The first kappa shape index (κ1) is 12.2. The summed E-state index contributed by atoms with van der Waals surface area (Å²) in [7, 11) is 4.06. The number of hydrogen-bond acceptors (Lipinski definition) is 3. The lowest BCUT2D eigenvalue weighted by molar-refractivity contribution is -0.123. The van der Waals surface area contributed by atoms with Crippen molar-refractivity contribution in [3.63, 3.8) is 0 Å². The second-order valence-electron chi connectivity index (χ2n) is 4.34. The van der Waals surface area contributed by atoms with E-state index in [2.05, 4.69) is 10.2 Å². The molecule has 2 atom stereocenters. The number of rotatable bonds is 5. The van der Waals surface area contributed by atoms with Crippen LogP contribution < -0.4 is 11.1 Å². The van der Waals surface area contributed by atoms with Crippen molar-refractivity contribution in [2.75, 3.05) is 27.2 Å². The number of carbonyl (C=O) groups excluding carboxylic acids is 1. The predicted molar refractivity (Wildman–Crippen MR) is 61.4 cm³/mol. The second kappa shape index (κ2) is 5.88. The fraction of sp³-hybridized carbons (Fsp3) is 0.727. The maximum absolute atomic E-state index is 11.6. The summed E-state index contributed by atoms with van der Waals surface area (Å²) in [4.78, 5) is 13.7. The van der Waals surface area contributed by atoms with Crippen LogP contribution in [-0.4, -0.2) is 44.0 Å². The van der Waals surface area contributed by atoms with Gasteiger partial charge < -0.3 is 16.0 Å². The number of hydrogen-bond donors (Lipinski definition) is 2. The van der Waals surface area contributed by atoms with E-state index in [1.807, 2.05) is 26.2 Å². The molecule has 1 rings (SSSR count). The summed E-state index contributed by atoms with van der Waals surface area (Å²) in [6.45, 7) is 1.75. The molecule has 0 radical (unpaired) electrons. The van der Waals surface area contributed by atoms with Gasteiger partial charge in [-0.1, -0.05) is 12.2 Å². The van der Waals surface area contributed by atoms with Gasteiger partial charge in [0.2, 0.25) is 5.91 Å². The van der Waals surface area contributed by atoms with Crippen molar-refractivity contribution in [2.45, 2.75) is 18.9 Å². The molecule has 0 aliphatic heterocycles. The van der Waals surface area contributed by atoms with E-state index in [0.29, 0.717) is 0 Å². The van der Waals surface area contributed by atoms with Gasteiger partial charge in [-0.2, -0.15) is 0 Å². The number of nitrogens with two attached hydrogens (primary N) is 1. The van der Waals surface area contributed by atoms with Crippen LogP contribution in [0.25, 0.3) is 0 Å². The highest BCUT2D eigenvalue weighted by Crippen LogP contribution is 2.15. The lowest BCUT2D eigenvalue weighted by atomic mass is 10.1. The summed E-state index contributed by atoms with van der Waals surface area (Å²) in [5, 5.41) is 2.93. The molecule has 0 saturated carbocycles. The molecule has 86 valence electrons. The smallest absolute Gasteiger partial charge is 0.226 e. The summed E-state index contributed by atoms with van der Waals surface area (Å²) < 4.78 is 0. The van der Waals surface area contributed by atoms with Gasteiger partial charge in [-0.25, -0.2) is 0 Å². The largest absolute Gasteiger partial charge is 0.356 e. The normalized spacial score (nSPS) is 24.8. The molecule has 0 fully saturated rings. The van der Waals surface area contributed by atoms with Gasteiger partial charge in [0, 0.05) is 12.6 Å². The van der Waals surface area contributed by atoms with Crippen LogP contribution in [0.3, 0.4) is 0 Å². The summed E-state index contributed by atoms with van der Waals surface area (Å²) in [5.41, 5.74) is 5.68. The Hall–Kier alpha value is -0.870. The molecular formula is C11H21N3O. The van der Waals surface area contributed by atoms with Crippen molar-refractivity contribution in [2.24, 2.45) is 11.7 Å². The third-order valence-corrected chi connectivity index (χ3v) is 2.53. The van der Waals surface area contributed by atoms with Gasteiger partial charge in [-0.15, -0.1) is 0 Å². The minimum atomic E-state index is -0.0145. The molecule has 3 N–H and O–H groups in total. The van der Waals surface area contributed by atoms with Crippen LogP contribution in [0.2, 0.25) is 0 Å². The molecule has 1 amide bonds. The summed E-state index contributed by atoms with van der Waals surface area (Å²) in [5.74, 6) is 0.0947. The van der Waals surface area contributed by atoms with E-state index in [1.165, 1.54) is 0 Å². The molecule has 0 aromatic rings. The van der Waals surface area contributed by atoms with Crippen LogP contribution in [0.4, 0.5) is 0 Å². The van der Waals surface area contributed by atoms with Gasteiger partial charge in [-0.3, -0.25) is 4.79 Å². The van der Waals surface area contributed by atoms with Gasteiger partial charge in [0.05, 0.1) is 5.92 Å². The highest BCUT2D eigenvalue weighted by molar-refractivity contribution is 5.81. The van der Waals surface area contributed by atoms with Gasteiger partial charge in [-0.05, 0) is 33.5 Å². The Morgan fingerprint density at radius 2 is 2.27 bits per heavy atom. The molecule has 0 aromatic heterocycles. The van der Waals surface area contributed by atoms with Gasteiger partial charge in [0.25, 0.3) is 0 Å². The highest BCUT2D eigenvalue weighted by Gasteiger charge is 2.21. The van der Waals surface area contributed by atoms with Crippen molar-refractivity contribution in [1.29, 1.82) is 0 Å². The van der Waals surface area contributed by atoms with Crippen LogP contribution in [0.1, 0.15) is 12.8 Å². The van der Waals surface area contributed by atoms with Crippen LogP contribution in [0.15, 0.2) is 12.2 Å². The molecule has 0 heterocycles. The number of nitrogens with one attached hydrogen (secondary N) is 1. The fourth-order valence-electron chi connectivity index (χ4n) is 1.66. The molecule has 0 spiro atoms. The average Bonchev–Trinajstić information content (AvgIpc) is 2.59. The average molecular weight is 211 g/mol. The van der Waals surface area contributed by atoms with E-state index >= 15 is 0 Å². The van der Waals surface area contributed by atoms with Crippen molar-refractivity contribution < 1.29 is 4.79 Å². The van der Waals surface area contributed by atoms with E-state index in [-0.39, 0.29) is 17.9 Å². The van der Waals surface area contributed by atoms with Crippen LogP contribution in [0.5, 0.6) is 0 Å². The zero-order valence-corrected chi connectivity index (χ0v) is 9.57. The lowest BCUT2D eigenvalue weighted by Crippen LogP contribution is -2.32. The first-order chi connectivity index (χ1) is 7.09. The lowest BCUT2D eigenvalue weighted by Gasteiger charge is -2.12. The van der Waals surface area contributed by atoms with Gasteiger partial charge >= 0.3 is 0 Å². The topological polar surface area (TPSA) is 58.4 Å². The molecule has 15 heavy (non-hydrogen) atoms. The molecule has 0 saturated heterocycles. The first-order valence-electron chi connectivity index (χ1n) is 5.46. The van der Waals surface area contributed by atoms with E-state index in [0.717, 1.165) is 25.9 Å². The Bertz CT molecular complexity index is 238. The number of nitrogens with zero attached hydrogens (tertiary/aromatic N) is 1. The predicted octanol–water partition coefficient (Wildman–Crippen LogP) is -0.0423. The maximum Gasteiger partial charge on any atom is 0.226 e. The monoisotopic (exact) mass is 211 g/mol. The molecule has 4 heteroatoms. The van der Waals surface area contributed by atoms with Crippen LogP contribution in [-0.2, 0) is 4.79 Å². The first-order valence-corrected chi connectivity index (χ1v) is 5.46. The Kier molecular flexibility index (Phi) is 4.78. The molecule has 2 unspecified atom stereocenters. The Balaban J connectivity index is 2.11. The Morgan fingerprint density at radius 1 is 1.53 bits per heavy atom. The standard InChI is InChI=1S/C11H21N3O/c1-14(2)7-3-6-13-11(15)9-4-5-10(12)8-9/h4-5,9-10H,3,6-8,12H2,1-2H3,(H,13,15). The zero-order chi connectivity index (χ0) is 11.3. The molecule has 1 aliphatic carbocycles. The molecular weight excluding hydrogens is 190 g/mol. The number of carbonyl (C=O) groups is 1. The third-order valence-electron chi connectivity index (χ3n) is 2.53. The third kappa shape index (κ3) is 4.44. The van der Waals surface area contributed by atoms with Crippen LogP contribution >= 0.6 is 0 Å². The Labute approximate surface area is 91.5 Å². The minimum absolute atomic E-state index is 0.0145. The second-order valence-corrected chi connectivity index (χ2v) is 4.34. The fourth-order valence-corrected chi connectivity index (χ4v) is 1.66. The Morgan fingerprint density at radius 3 is 2.80 bits per heavy atom. The number of amides is 1. The van der Waals surface area contributed by atoms with E-state index in [4.69, 9.17) is 5.73 Å².